The predicted octanol–water partition coefficient (Wildman–Crippen LogP) is 3.30. The summed E-state index contributed by atoms with van der Waals surface area (Å²) in [7, 11) is 0. The third-order valence-corrected chi connectivity index (χ3v) is 5.70. The standard InChI is InChI=1S/C25H22N2O4/c28-24(26-14-18-10-11-22-23(13-18)31-16-30-22)21(12-17-6-2-1-3-7-17)27-15-19-8-4-5-9-20(19)25(27)29/h1-11,13,21H,12,14-16H2,(H,26,28). The Morgan fingerprint density at radius 1 is 0.935 bits per heavy atom. The van der Waals surface area contributed by atoms with Crippen LogP contribution < -0.4 is 14.8 Å². The summed E-state index contributed by atoms with van der Waals surface area (Å²) in [6, 6.07) is 22.3. The summed E-state index contributed by atoms with van der Waals surface area (Å²) in [4.78, 5) is 28.0. The average Bonchev–Trinajstić information content (AvgIpc) is 3.41. The lowest BCUT2D eigenvalue weighted by atomic mass is 10.0. The third-order valence-electron chi connectivity index (χ3n) is 5.70. The molecule has 0 spiro atoms. The molecule has 0 aliphatic carbocycles. The van der Waals surface area contributed by atoms with E-state index in [4.69, 9.17) is 9.47 Å². The number of nitrogens with zero attached hydrogens (tertiary/aromatic N) is 1. The molecule has 0 aromatic heterocycles. The van der Waals surface area contributed by atoms with Gasteiger partial charge in [-0.2, -0.15) is 0 Å². The Labute approximate surface area is 180 Å². The highest BCUT2D eigenvalue weighted by Crippen LogP contribution is 2.32. The van der Waals surface area contributed by atoms with E-state index < -0.39 is 6.04 Å². The van der Waals surface area contributed by atoms with Gasteiger partial charge in [-0.25, -0.2) is 0 Å². The molecule has 0 bridgehead atoms. The fourth-order valence-electron chi connectivity index (χ4n) is 4.07. The van der Waals surface area contributed by atoms with Gasteiger partial charge in [0, 0.05) is 25.1 Å². The van der Waals surface area contributed by atoms with E-state index >= 15 is 0 Å². The van der Waals surface area contributed by atoms with Crippen LogP contribution in [0, 0.1) is 0 Å². The number of carbonyl (C=O) groups excluding carboxylic acids is 2. The zero-order valence-electron chi connectivity index (χ0n) is 16.9. The molecule has 1 unspecified atom stereocenters. The van der Waals surface area contributed by atoms with Gasteiger partial charge in [0.25, 0.3) is 5.91 Å². The summed E-state index contributed by atoms with van der Waals surface area (Å²) < 4.78 is 10.8. The number of hydrogen-bond donors (Lipinski definition) is 1. The Hall–Kier alpha value is -3.80. The van der Waals surface area contributed by atoms with Crippen LogP contribution >= 0.6 is 0 Å². The topological polar surface area (TPSA) is 67.9 Å². The summed E-state index contributed by atoms with van der Waals surface area (Å²) >= 11 is 0. The highest BCUT2D eigenvalue weighted by atomic mass is 16.7. The molecule has 2 aliphatic rings. The minimum atomic E-state index is -0.601. The van der Waals surface area contributed by atoms with Gasteiger partial charge in [-0.15, -0.1) is 0 Å². The summed E-state index contributed by atoms with van der Waals surface area (Å²) in [5.41, 5.74) is 3.54. The molecule has 0 fully saturated rings. The number of amides is 2. The van der Waals surface area contributed by atoms with Crippen molar-refractivity contribution in [3.63, 3.8) is 0 Å². The van der Waals surface area contributed by atoms with Gasteiger partial charge in [0.2, 0.25) is 12.7 Å². The number of fused-ring (bicyclic) bond motifs is 2. The lowest BCUT2D eigenvalue weighted by Gasteiger charge is -2.27. The van der Waals surface area contributed by atoms with Crippen molar-refractivity contribution in [2.75, 3.05) is 6.79 Å². The quantitative estimate of drug-likeness (QED) is 0.672. The number of nitrogens with one attached hydrogen (secondary N) is 1. The van der Waals surface area contributed by atoms with Gasteiger partial charge in [-0.3, -0.25) is 9.59 Å². The number of carbonyl (C=O) groups is 2. The average molecular weight is 414 g/mol. The molecule has 5 rings (SSSR count). The first kappa shape index (κ1) is 19.2. The van der Waals surface area contributed by atoms with Crippen LogP contribution in [0.15, 0.2) is 72.8 Å². The Bertz CT molecular complexity index is 1130. The van der Waals surface area contributed by atoms with Gasteiger partial charge in [0.1, 0.15) is 6.04 Å². The van der Waals surface area contributed by atoms with Crippen molar-refractivity contribution < 1.29 is 19.1 Å². The normalized spacial score (nSPS) is 15.0. The van der Waals surface area contributed by atoms with Crippen LogP contribution in [0.4, 0.5) is 0 Å². The second-order valence-corrected chi connectivity index (χ2v) is 7.70. The summed E-state index contributed by atoms with van der Waals surface area (Å²) in [5, 5.41) is 3.01. The van der Waals surface area contributed by atoms with Gasteiger partial charge in [0.05, 0.1) is 0 Å². The van der Waals surface area contributed by atoms with Gasteiger partial charge >= 0.3 is 0 Å². The van der Waals surface area contributed by atoms with E-state index in [0.717, 1.165) is 16.7 Å². The predicted molar refractivity (Wildman–Crippen MR) is 115 cm³/mol. The molecule has 2 amide bonds. The minimum Gasteiger partial charge on any atom is -0.454 e. The van der Waals surface area contributed by atoms with E-state index in [9.17, 15) is 9.59 Å². The molecule has 1 N–H and O–H groups in total. The first-order valence-corrected chi connectivity index (χ1v) is 10.3. The molecule has 0 saturated carbocycles. The van der Waals surface area contributed by atoms with Gasteiger partial charge in [-0.1, -0.05) is 54.6 Å². The molecular weight excluding hydrogens is 392 g/mol. The minimum absolute atomic E-state index is 0.102. The van der Waals surface area contributed by atoms with Gasteiger partial charge in [0.15, 0.2) is 11.5 Å². The first-order valence-electron chi connectivity index (χ1n) is 10.3. The number of ether oxygens (including phenoxy) is 2. The van der Waals surface area contributed by atoms with Crippen molar-refractivity contribution in [2.45, 2.75) is 25.6 Å². The van der Waals surface area contributed by atoms with Crippen molar-refractivity contribution in [3.8, 4) is 11.5 Å². The van der Waals surface area contributed by atoms with Crippen LogP contribution in [0.25, 0.3) is 0 Å². The Balaban J connectivity index is 1.35. The Morgan fingerprint density at radius 2 is 1.71 bits per heavy atom. The smallest absolute Gasteiger partial charge is 0.255 e. The SMILES string of the molecule is O=C(NCc1ccc2c(c1)OCO2)C(Cc1ccccc1)N1Cc2ccccc2C1=O. The molecule has 0 saturated heterocycles. The second kappa shape index (κ2) is 8.14. The Morgan fingerprint density at radius 3 is 2.55 bits per heavy atom. The van der Waals surface area contributed by atoms with Crippen molar-refractivity contribution in [3.05, 3.63) is 95.1 Å². The highest BCUT2D eigenvalue weighted by Gasteiger charge is 2.36. The van der Waals surface area contributed by atoms with E-state index in [2.05, 4.69) is 5.32 Å². The fourth-order valence-corrected chi connectivity index (χ4v) is 4.07. The summed E-state index contributed by atoms with van der Waals surface area (Å²) in [5.74, 6) is 1.10. The molecule has 31 heavy (non-hydrogen) atoms. The van der Waals surface area contributed by atoms with Crippen LogP contribution in [0.2, 0.25) is 0 Å². The van der Waals surface area contributed by atoms with E-state index in [1.165, 1.54) is 0 Å². The largest absolute Gasteiger partial charge is 0.454 e. The molecule has 1 atom stereocenters. The molecule has 156 valence electrons. The van der Waals surface area contributed by atoms with Crippen molar-refractivity contribution in [2.24, 2.45) is 0 Å². The van der Waals surface area contributed by atoms with Crippen LogP contribution in [-0.2, 0) is 24.3 Å². The Kier molecular flexibility index (Phi) is 5.04. The van der Waals surface area contributed by atoms with Gasteiger partial charge in [-0.05, 0) is 34.9 Å². The number of rotatable bonds is 6. The first-order chi connectivity index (χ1) is 15.2. The fraction of sp³-hybridized carbons (Fsp3) is 0.200. The number of hydrogen-bond acceptors (Lipinski definition) is 4. The maximum absolute atomic E-state index is 13.3. The van der Waals surface area contributed by atoms with Crippen molar-refractivity contribution in [1.82, 2.24) is 10.2 Å². The second-order valence-electron chi connectivity index (χ2n) is 7.70. The zero-order valence-corrected chi connectivity index (χ0v) is 16.9. The van der Waals surface area contributed by atoms with Gasteiger partial charge < -0.3 is 19.7 Å². The lowest BCUT2D eigenvalue weighted by Crippen LogP contribution is -2.48. The van der Waals surface area contributed by atoms with Crippen LogP contribution in [-0.4, -0.2) is 29.5 Å². The number of benzene rings is 3. The monoisotopic (exact) mass is 414 g/mol. The maximum Gasteiger partial charge on any atom is 0.255 e. The molecule has 6 nitrogen and oxygen atoms in total. The van der Waals surface area contributed by atoms with E-state index in [1.54, 1.807) is 4.90 Å². The molecular formula is C25H22N2O4. The van der Waals surface area contributed by atoms with Crippen molar-refractivity contribution in [1.29, 1.82) is 0 Å². The molecule has 0 radical (unpaired) electrons. The molecule has 2 heterocycles. The van der Waals surface area contributed by atoms with Crippen LogP contribution in [0.3, 0.4) is 0 Å². The zero-order chi connectivity index (χ0) is 21.2. The van der Waals surface area contributed by atoms with E-state index in [1.807, 2.05) is 72.8 Å². The highest BCUT2D eigenvalue weighted by molar-refractivity contribution is 6.01. The van der Waals surface area contributed by atoms with Crippen LogP contribution in [0.1, 0.15) is 27.0 Å². The third kappa shape index (κ3) is 3.84. The van der Waals surface area contributed by atoms with Crippen molar-refractivity contribution >= 4 is 11.8 Å². The summed E-state index contributed by atoms with van der Waals surface area (Å²) in [6.07, 6.45) is 0.452. The summed E-state index contributed by atoms with van der Waals surface area (Å²) in [6.45, 7) is 0.988. The van der Waals surface area contributed by atoms with Crippen LogP contribution in [0.5, 0.6) is 11.5 Å². The van der Waals surface area contributed by atoms with E-state index in [-0.39, 0.29) is 18.6 Å². The molecule has 6 heteroatoms. The molecule has 2 aliphatic heterocycles. The maximum atomic E-state index is 13.3. The van der Waals surface area contributed by atoms with E-state index in [0.29, 0.717) is 36.6 Å². The lowest BCUT2D eigenvalue weighted by molar-refractivity contribution is -0.125. The molecule has 3 aromatic rings. The molecule has 3 aromatic carbocycles.